The zero-order valence-corrected chi connectivity index (χ0v) is 11.7. The Labute approximate surface area is 119 Å². The monoisotopic (exact) mass is 273 g/mol. The predicted octanol–water partition coefficient (Wildman–Crippen LogP) is 3.47. The second-order valence-corrected chi connectivity index (χ2v) is 4.73. The molecule has 0 atom stereocenters. The summed E-state index contributed by atoms with van der Waals surface area (Å²) in [7, 11) is 0. The van der Waals surface area contributed by atoms with Crippen molar-refractivity contribution >= 4 is 0 Å². The van der Waals surface area contributed by atoms with Crippen LogP contribution in [0.25, 0.3) is 0 Å². The summed E-state index contributed by atoms with van der Waals surface area (Å²) >= 11 is 0. The molecule has 0 unspecified atom stereocenters. The van der Waals surface area contributed by atoms with Gasteiger partial charge in [0.15, 0.2) is 11.6 Å². The summed E-state index contributed by atoms with van der Waals surface area (Å²) in [5, 5.41) is 0. The maximum Gasteiger partial charge on any atom is 0.165 e. The van der Waals surface area contributed by atoms with Crippen LogP contribution < -0.4 is 10.5 Å². The molecule has 0 spiro atoms. The van der Waals surface area contributed by atoms with Crippen molar-refractivity contribution in [2.24, 2.45) is 5.73 Å². The molecule has 3 heteroatoms. The van der Waals surface area contributed by atoms with Gasteiger partial charge < -0.3 is 10.5 Å². The van der Waals surface area contributed by atoms with E-state index in [0.29, 0.717) is 25.3 Å². The molecule has 0 aromatic heterocycles. The first-order chi connectivity index (χ1) is 9.74. The molecule has 0 aliphatic rings. The van der Waals surface area contributed by atoms with Gasteiger partial charge in [0.25, 0.3) is 0 Å². The smallest absolute Gasteiger partial charge is 0.165 e. The highest BCUT2D eigenvalue weighted by molar-refractivity contribution is 5.35. The van der Waals surface area contributed by atoms with E-state index in [1.807, 2.05) is 18.2 Å². The third kappa shape index (κ3) is 3.58. The van der Waals surface area contributed by atoms with Crippen LogP contribution in [-0.4, -0.2) is 6.54 Å². The van der Waals surface area contributed by atoms with Gasteiger partial charge in [0.1, 0.15) is 6.61 Å². The van der Waals surface area contributed by atoms with Gasteiger partial charge >= 0.3 is 0 Å². The van der Waals surface area contributed by atoms with E-state index in [1.165, 1.54) is 11.6 Å². The largest absolute Gasteiger partial charge is 0.486 e. The fourth-order valence-electron chi connectivity index (χ4n) is 2.09. The molecule has 20 heavy (non-hydrogen) atoms. The maximum absolute atomic E-state index is 13.8. The van der Waals surface area contributed by atoms with Crippen LogP contribution in [0.4, 0.5) is 4.39 Å². The van der Waals surface area contributed by atoms with Gasteiger partial charge in [-0.1, -0.05) is 43.3 Å². The first-order valence-electron chi connectivity index (χ1n) is 6.92. The van der Waals surface area contributed by atoms with Crippen molar-refractivity contribution < 1.29 is 9.13 Å². The van der Waals surface area contributed by atoms with Gasteiger partial charge in [0.2, 0.25) is 0 Å². The zero-order chi connectivity index (χ0) is 14.4. The highest BCUT2D eigenvalue weighted by Crippen LogP contribution is 2.24. The van der Waals surface area contributed by atoms with Crippen LogP contribution in [0, 0.1) is 5.82 Å². The Morgan fingerprint density at radius 1 is 1.05 bits per heavy atom. The summed E-state index contributed by atoms with van der Waals surface area (Å²) in [5.41, 5.74) is 8.67. The van der Waals surface area contributed by atoms with Crippen LogP contribution in [0.15, 0.2) is 42.5 Å². The summed E-state index contributed by atoms with van der Waals surface area (Å²) in [5.74, 6) is -0.0151. The molecule has 2 nitrogen and oxygen atoms in total. The minimum atomic E-state index is -0.332. The Bertz CT molecular complexity index is 551. The number of para-hydroxylation sites is 1. The molecule has 0 fully saturated rings. The molecule has 2 N–H and O–H groups in total. The van der Waals surface area contributed by atoms with Gasteiger partial charge in [-0.05, 0) is 42.1 Å². The number of halogens is 1. The van der Waals surface area contributed by atoms with E-state index in [1.54, 1.807) is 6.07 Å². The van der Waals surface area contributed by atoms with Crippen molar-refractivity contribution in [3.05, 3.63) is 65.0 Å². The minimum Gasteiger partial charge on any atom is -0.486 e. The molecule has 2 aromatic carbocycles. The molecule has 0 aliphatic carbocycles. The molecule has 2 rings (SSSR count). The van der Waals surface area contributed by atoms with Crippen LogP contribution in [0.2, 0.25) is 0 Å². The fraction of sp³-hybridized carbons (Fsp3) is 0.294. The first-order valence-corrected chi connectivity index (χ1v) is 6.92. The van der Waals surface area contributed by atoms with Crippen LogP contribution in [-0.2, 0) is 19.4 Å². The first kappa shape index (κ1) is 14.5. The second-order valence-electron chi connectivity index (χ2n) is 4.73. The number of nitrogens with two attached hydrogens (primary N) is 1. The lowest BCUT2D eigenvalue weighted by molar-refractivity contribution is 0.287. The van der Waals surface area contributed by atoms with Crippen LogP contribution in [0.3, 0.4) is 0 Å². The van der Waals surface area contributed by atoms with Gasteiger partial charge in [-0.2, -0.15) is 0 Å². The van der Waals surface area contributed by atoms with Crippen molar-refractivity contribution in [1.29, 1.82) is 0 Å². The molecule has 0 bridgehead atoms. The van der Waals surface area contributed by atoms with Gasteiger partial charge in [-0.3, -0.25) is 0 Å². The molecular weight excluding hydrogens is 253 g/mol. The zero-order valence-electron chi connectivity index (χ0n) is 11.7. The van der Waals surface area contributed by atoms with Gasteiger partial charge in [-0.25, -0.2) is 4.39 Å². The lowest BCUT2D eigenvalue weighted by Gasteiger charge is -2.12. The van der Waals surface area contributed by atoms with Crippen LogP contribution in [0.5, 0.6) is 5.75 Å². The van der Waals surface area contributed by atoms with Gasteiger partial charge in [-0.15, -0.1) is 0 Å². The average Bonchev–Trinajstić information content (AvgIpc) is 2.47. The summed E-state index contributed by atoms with van der Waals surface area (Å²) < 4.78 is 19.5. The predicted molar refractivity (Wildman–Crippen MR) is 79.3 cm³/mol. The second kappa shape index (κ2) is 7.06. The molecule has 0 saturated carbocycles. The number of ether oxygens (including phenoxy) is 1. The van der Waals surface area contributed by atoms with Gasteiger partial charge in [0.05, 0.1) is 0 Å². The highest BCUT2D eigenvalue weighted by Gasteiger charge is 2.09. The van der Waals surface area contributed by atoms with Crippen LogP contribution >= 0.6 is 0 Å². The summed E-state index contributed by atoms with van der Waals surface area (Å²) in [4.78, 5) is 0. The van der Waals surface area contributed by atoms with E-state index in [4.69, 9.17) is 10.5 Å². The number of benzene rings is 2. The maximum atomic E-state index is 13.8. The quantitative estimate of drug-likeness (QED) is 0.874. The normalized spacial score (nSPS) is 10.6. The van der Waals surface area contributed by atoms with E-state index in [2.05, 4.69) is 19.1 Å². The van der Waals surface area contributed by atoms with E-state index in [-0.39, 0.29) is 5.82 Å². The molecule has 2 aromatic rings. The number of hydrogen-bond donors (Lipinski definition) is 1. The van der Waals surface area contributed by atoms with Crippen molar-refractivity contribution in [3.8, 4) is 5.75 Å². The fourth-order valence-corrected chi connectivity index (χ4v) is 2.09. The molecule has 0 radical (unpaired) electrons. The number of hydrogen-bond acceptors (Lipinski definition) is 2. The van der Waals surface area contributed by atoms with E-state index < -0.39 is 0 Å². The Morgan fingerprint density at radius 3 is 2.40 bits per heavy atom. The topological polar surface area (TPSA) is 35.2 Å². The third-order valence-electron chi connectivity index (χ3n) is 3.28. The molecular formula is C17H20FNO. The molecule has 0 aliphatic heterocycles. The van der Waals surface area contributed by atoms with Crippen molar-refractivity contribution in [3.63, 3.8) is 0 Å². The van der Waals surface area contributed by atoms with Gasteiger partial charge in [0, 0.05) is 0 Å². The molecule has 0 amide bonds. The van der Waals surface area contributed by atoms with E-state index >= 15 is 0 Å². The third-order valence-corrected chi connectivity index (χ3v) is 3.28. The molecule has 0 saturated heterocycles. The number of rotatable bonds is 6. The Balaban J connectivity index is 2.09. The Hall–Kier alpha value is -1.87. The van der Waals surface area contributed by atoms with Crippen molar-refractivity contribution in [2.45, 2.75) is 26.4 Å². The highest BCUT2D eigenvalue weighted by atomic mass is 19.1. The minimum absolute atomic E-state index is 0.317. The van der Waals surface area contributed by atoms with Crippen molar-refractivity contribution in [2.75, 3.05) is 6.54 Å². The average molecular weight is 273 g/mol. The van der Waals surface area contributed by atoms with E-state index in [0.717, 1.165) is 17.5 Å². The lowest BCUT2D eigenvalue weighted by Crippen LogP contribution is -2.06. The Morgan fingerprint density at radius 2 is 1.75 bits per heavy atom. The Kier molecular flexibility index (Phi) is 5.13. The SMILES string of the molecule is CCc1ccc(COc2c(F)cccc2CCN)cc1. The summed E-state index contributed by atoms with van der Waals surface area (Å²) in [6.07, 6.45) is 1.62. The molecule has 0 heterocycles. The molecule has 106 valence electrons. The standard InChI is InChI=1S/C17H20FNO/c1-2-13-6-8-14(9-7-13)12-20-17-15(10-11-19)4-3-5-16(17)18/h3-9H,2,10-12,19H2,1H3. The summed E-state index contributed by atoms with van der Waals surface area (Å²) in [6, 6.07) is 13.1. The van der Waals surface area contributed by atoms with Crippen molar-refractivity contribution in [1.82, 2.24) is 0 Å². The lowest BCUT2D eigenvalue weighted by atomic mass is 10.1. The van der Waals surface area contributed by atoms with E-state index in [9.17, 15) is 4.39 Å². The van der Waals surface area contributed by atoms with Crippen LogP contribution in [0.1, 0.15) is 23.6 Å². The summed E-state index contributed by atoms with van der Waals surface area (Å²) in [6.45, 7) is 2.96. The number of aryl methyl sites for hydroxylation is 1.